The second kappa shape index (κ2) is 13.0. The van der Waals surface area contributed by atoms with Gasteiger partial charge in [-0.3, -0.25) is 9.59 Å². The number of benzene rings is 2. The highest BCUT2D eigenvalue weighted by Crippen LogP contribution is 2.24. The van der Waals surface area contributed by atoms with E-state index in [0.29, 0.717) is 44.1 Å². The standard InChI is InChI=1S/2C10H11Cl2NO2/c2*11-8-1-2-9(12)6(4-8)3-7(5-13)10(14)15/h2*1-2,4,7H,3,5,13H2,(H,14,15)/t2*7-/m00/s1. The summed E-state index contributed by atoms with van der Waals surface area (Å²) in [7, 11) is 0. The molecule has 2 rings (SSSR count). The molecule has 0 aliphatic heterocycles. The summed E-state index contributed by atoms with van der Waals surface area (Å²) in [5.74, 6) is -3.09. The lowest BCUT2D eigenvalue weighted by molar-refractivity contribution is -0.142. The number of rotatable bonds is 8. The van der Waals surface area contributed by atoms with E-state index in [1.807, 2.05) is 0 Å². The van der Waals surface area contributed by atoms with Crippen molar-refractivity contribution in [2.24, 2.45) is 23.3 Å². The van der Waals surface area contributed by atoms with E-state index >= 15 is 0 Å². The van der Waals surface area contributed by atoms with Crippen LogP contribution in [0.25, 0.3) is 0 Å². The molecule has 2 aromatic rings. The topological polar surface area (TPSA) is 127 Å². The number of nitrogens with two attached hydrogens (primary N) is 2. The summed E-state index contributed by atoms with van der Waals surface area (Å²) < 4.78 is 0. The third-order valence-corrected chi connectivity index (χ3v) is 5.42. The summed E-state index contributed by atoms with van der Waals surface area (Å²) in [5.41, 5.74) is 12.1. The number of carboxylic acid groups (broad SMARTS) is 2. The fraction of sp³-hybridized carbons (Fsp3) is 0.300. The Morgan fingerprint density at radius 1 is 0.733 bits per heavy atom. The quantitative estimate of drug-likeness (QED) is 0.430. The van der Waals surface area contributed by atoms with Gasteiger partial charge in [-0.25, -0.2) is 0 Å². The predicted molar refractivity (Wildman–Crippen MR) is 121 cm³/mol. The van der Waals surface area contributed by atoms with Gasteiger partial charge in [0.1, 0.15) is 0 Å². The molecule has 0 saturated heterocycles. The molecule has 0 radical (unpaired) electrons. The summed E-state index contributed by atoms with van der Waals surface area (Å²) in [5, 5.41) is 19.8. The monoisotopic (exact) mass is 494 g/mol. The van der Waals surface area contributed by atoms with E-state index in [9.17, 15) is 9.59 Å². The van der Waals surface area contributed by atoms with Crippen molar-refractivity contribution in [2.75, 3.05) is 13.1 Å². The van der Waals surface area contributed by atoms with Gasteiger partial charge in [-0.15, -0.1) is 0 Å². The van der Waals surface area contributed by atoms with Crippen LogP contribution in [0.1, 0.15) is 11.1 Å². The minimum atomic E-state index is -0.923. The first-order valence-corrected chi connectivity index (χ1v) is 10.3. The molecule has 6 N–H and O–H groups in total. The SMILES string of the molecule is NC[C@H](Cc1cc(Cl)ccc1Cl)C(=O)O.NC[C@H](Cc1cc(Cl)ccc1Cl)C(=O)O. The van der Waals surface area contributed by atoms with Crippen molar-refractivity contribution in [3.63, 3.8) is 0 Å². The first-order valence-electron chi connectivity index (χ1n) is 8.82. The average molecular weight is 496 g/mol. The maximum absolute atomic E-state index is 10.8. The van der Waals surface area contributed by atoms with Crippen LogP contribution in [-0.4, -0.2) is 35.2 Å². The van der Waals surface area contributed by atoms with Crippen LogP contribution >= 0.6 is 46.4 Å². The van der Waals surface area contributed by atoms with Crippen molar-refractivity contribution in [3.8, 4) is 0 Å². The number of hydrogen-bond acceptors (Lipinski definition) is 4. The summed E-state index contributed by atoms with van der Waals surface area (Å²) in [6, 6.07) is 9.94. The summed E-state index contributed by atoms with van der Waals surface area (Å²) in [6.45, 7) is 0.163. The number of aliphatic carboxylic acids is 2. The minimum Gasteiger partial charge on any atom is -0.481 e. The van der Waals surface area contributed by atoms with Crippen LogP contribution in [0.4, 0.5) is 0 Å². The highest BCUT2D eigenvalue weighted by atomic mass is 35.5. The van der Waals surface area contributed by atoms with Crippen LogP contribution in [-0.2, 0) is 22.4 Å². The van der Waals surface area contributed by atoms with Gasteiger partial charge in [-0.05, 0) is 60.4 Å². The molecule has 164 valence electrons. The van der Waals surface area contributed by atoms with Crippen LogP contribution in [0, 0.1) is 11.8 Å². The van der Waals surface area contributed by atoms with E-state index in [-0.39, 0.29) is 13.1 Å². The normalized spacial score (nSPS) is 12.5. The van der Waals surface area contributed by atoms with Crippen molar-refractivity contribution >= 4 is 58.3 Å². The highest BCUT2D eigenvalue weighted by molar-refractivity contribution is 6.34. The van der Waals surface area contributed by atoms with Crippen molar-refractivity contribution in [3.05, 3.63) is 67.6 Å². The molecular formula is C20H22Cl4N2O4. The molecule has 2 aromatic carbocycles. The van der Waals surface area contributed by atoms with Crippen LogP contribution in [0.15, 0.2) is 36.4 Å². The molecule has 0 spiro atoms. The van der Waals surface area contributed by atoms with Crippen molar-refractivity contribution in [2.45, 2.75) is 12.8 Å². The average Bonchev–Trinajstić information content (AvgIpc) is 2.69. The van der Waals surface area contributed by atoms with Gasteiger partial charge in [0.15, 0.2) is 0 Å². The van der Waals surface area contributed by atoms with Gasteiger partial charge in [0.05, 0.1) is 11.8 Å². The van der Waals surface area contributed by atoms with Gasteiger partial charge >= 0.3 is 11.9 Å². The molecule has 6 nitrogen and oxygen atoms in total. The fourth-order valence-corrected chi connectivity index (χ4v) is 3.25. The molecule has 0 unspecified atom stereocenters. The summed E-state index contributed by atoms with van der Waals surface area (Å²) in [4.78, 5) is 21.6. The number of halogens is 4. The Bertz CT molecular complexity index is 808. The zero-order valence-corrected chi connectivity index (χ0v) is 18.8. The van der Waals surface area contributed by atoms with Crippen LogP contribution in [0.3, 0.4) is 0 Å². The molecule has 0 aliphatic rings. The lowest BCUT2D eigenvalue weighted by Crippen LogP contribution is -2.25. The van der Waals surface area contributed by atoms with Crippen molar-refractivity contribution in [1.82, 2.24) is 0 Å². The van der Waals surface area contributed by atoms with E-state index in [0.717, 1.165) is 0 Å². The molecule has 0 aromatic heterocycles. The highest BCUT2D eigenvalue weighted by Gasteiger charge is 2.18. The lowest BCUT2D eigenvalue weighted by Gasteiger charge is -2.11. The summed E-state index contributed by atoms with van der Waals surface area (Å²) >= 11 is 23.4. The van der Waals surface area contributed by atoms with E-state index in [1.54, 1.807) is 36.4 Å². The molecule has 2 atom stereocenters. The molecule has 0 aliphatic carbocycles. The first-order chi connectivity index (χ1) is 14.1. The zero-order chi connectivity index (χ0) is 22.8. The van der Waals surface area contributed by atoms with Gasteiger partial charge in [-0.1, -0.05) is 46.4 Å². The fourth-order valence-electron chi connectivity index (χ4n) is 2.47. The Kier molecular flexibility index (Phi) is 11.5. The maximum atomic E-state index is 10.8. The van der Waals surface area contributed by atoms with Crippen LogP contribution < -0.4 is 11.5 Å². The Balaban J connectivity index is 0.000000300. The van der Waals surface area contributed by atoms with Crippen LogP contribution in [0.5, 0.6) is 0 Å². The molecule has 0 bridgehead atoms. The van der Waals surface area contributed by atoms with Crippen LogP contribution in [0.2, 0.25) is 20.1 Å². The predicted octanol–water partition coefficient (Wildman–Crippen LogP) is 4.39. The Hall–Kier alpha value is -1.54. The van der Waals surface area contributed by atoms with E-state index in [1.165, 1.54) is 0 Å². The second-order valence-corrected chi connectivity index (χ2v) is 8.11. The molecule has 0 fully saturated rings. The van der Waals surface area contributed by atoms with E-state index in [4.69, 9.17) is 68.1 Å². The number of carbonyl (C=O) groups is 2. The number of carboxylic acids is 2. The molecule has 0 amide bonds. The smallest absolute Gasteiger partial charge is 0.308 e. The molecule has 0 heterocycles. The van der Waals surface area contributed by atoms with E-state index in [2.05, 4.69) is 0 Å². The number of hydrogen-bond donors (Lipinski definition) is 4. The van der Waals surface area contributed by atoms with Crippen molar-refractivity contribution in [1.29, 1.82) is 0 Å². The third kappa shape index (κ3) is 8.68. The van der Waals surface area contributed by atoms with Crippen molar-refractivity contribution < 1.29 is 19.8 Å². The van der Waals surface area contributed by atoms with Gasteiger partial charge in [-0.2, -0.15) is 0 Å². The second-order valence-electron chi connectivity index (χ2n) is 6.42. The maximum Gasteiger partial charge on any atom is 0.308 e. The van der Waals surface area contributed by atoms with Gasteiger partial charge < -0.3 is 21.7 Å². The Labute approximate surface area is 194 Å². The zero-order valence-electron chi connectivity index (χ0n) is 15.8. The molecule has 0 saturated carbocycles. The van der Waals surface area contributed by atoms with Gasteiger partial charge in [0.25, 0.3) is 0 Å². The van der Waals surface area contributed by atoms with Gasteiger partial charge in [0.2, 0.25) is 0 Å². The largest absolute Gasteiger partial charge is 0.481 e. The molecule has 10 heteroatoms. The molecule has 30 heavy (non-hydrogen) atoms. The Morgan fingerprint density at radius 3 is 1.33 bits per heavy atom. The lowest BCUT2D eigenvalue weighted by atomic mass is 10.00. The third-order valence-electron chi connectivity index (χ3n) is 4.22. The Morgan fingerprint density at radius 2 is 1.07 bits per heavy atom. The summed E-state index contributed by atoms with van der Waals surface area (Å²) in [6.07, 6.45) is 0.594. The van der Waals surface area contributed by atoms with E-state index < -0.39 is 23.8 Å². The minimum absolute atomic E-state index is 0.0815. The van der Waals surface area contributed by atoms with Gasteiger partial charge in [0, 0.05) is 33.2 Å². The first kappa shape index (κ1) is 26.5. The molecular weight excluding hydrogens is 474 g/mol.